The lowest BCUT2D eigenvalue weighted by molar-refractivity contribution is 0.976. The molecule has 0 bridgehead atoms. The minimum Gasteiger partial charge on any atom is -0.330 e. The molecule has 0 unspecified atom stereocenters. The summed E-state index contributed by atoms with van der Waals surface area (Å²) in [5, 5.41) is 0. The van der Waals surface area contributed by atoms with Crippen LogP contribution >= 0.6 is 0 Å². The van der Waals surface area contributed by atoms with E-state index < -0.39 is 0 Å². The van der Waals surface area contributed by atoms with E-state index in [4.69, 9.17) is 17.2 Å². The van der Waals surface area contributed by atoms with Crippen molar-refractivity contribution in [1.82, 2.24) is 0 Å². The second-order valence-electron chi connectivity index (χ2n) is 0.866. The maximum Gasteiger partial charge on any atom is 0.00461 e. The number of rotatable bonds is 1. The lowest BCUT2D eigenvalue weighted by atomic mass is 10.7. The van der Waals surface area contributed by atoms with Crippen LogP contribution in [-0.4, -0.2) is 19.6 Å². The maximum atomic E-state index is 4.90. The molecular weight excluding hydrogens is 114 g/mol. The molecule has 0 aromatic rings. The minimum absolute atomic E-state index is 0.500. The normalized spacial score (nSPS) is 5.78. The van der Waals surface area contributed by atoms with E-state index in [9.17, 15) is 0 Å². The first-order valence-corrected chi connectivity index (χ1v) is 2.72. The highest BCUT2D eigenvalue weighted by Gasteiger charge is 1.54. The Hall–Kier alpha value is -0.380. The number of hydrogen-bond acceptors (Lipinski definition) is 3. The van der Waals surface area contributed by atoms with E-state index in [-0.39, 0.29) is 0 Å². The summed E-state index contributed by atoms with van der Waals surface area (Å²) < 4.78 is 0. The molecule has 3 heteroatoms. The Bertz CT molecular complexity index is 22.3. The van der Waals surface area contributed by atoms with Crippen LogP contribution < -0.4 is 17.2 Å². The average Bonchev–Trinajstić information content (AvgIpc) is 1.94. The lowest BCUT2D eigenvalue weighted by Gasteiger charge is -1.72. The molecular formula is C6H18N3. The van der Waals surface area contributed by atoms with Gasteiger partial charge in [-0.05, 0) is 13.5 Å². The van der Waals surface area contributed by atoms with Gasteiger partial charge < -0.3 is 17.2 Å². The van der Waals surface area contributed by atoms with Gasteiger partial charge in [0.1, 0.15) is 0 Å². The van der Waals surface area contributed by atoms with Crippen molar-refractivity contribution in [1.29, 1.82) is 0 Å². The van der Waals surface area contributed by atoms with E-state index in [1.807, 2.05) is 0 Å². The summed E-state index contributed by atoms with van der Waals surface area (Å²) in [6.45, 7) is 11.0. The second-order valence-corrected chi connectivity index (χ2v) is 0.866. The SMILES string of the molecule is C=C.NCCN.[CH2]CN. The van der Waals surface area contributed by atoms with Gasteiger partial charge in [0, 0.05) is 13.1 Å². The van der Waals surface area contributed by atoms with E-state index in [0.29, 0.717) is 19.6 Å². The van der Waals surface area contributed by atoms with Crippen molar-refractivity contribution in [3.63, 3.8) is 0 Å². The summed E-state index contributed by atoms with van der Waals surface area (Å²) in [6.07, 6.45) is 0. The van der Waals surface area contributed by atoms with E-state index in [1.165, 1.54) is 0 Å². The highest BCUT2D eigenvalue weighted by atomic mass is 14.6. The lowest BCUT2D eigenvalue weighted by Crippen LogP contribution is -2.11. The molecule has 0 fully saturated rings. The van der Waals surface area contributed by atoms with Crippen molar-refractivity contribution in [3.8, 4) is 0 Å². The van der Waals surface area contributed by atoms with Gasteiger partial charge in [-0.15, -0.1) is 13.2 Å². The molecule has 0 heterocycles. The van der Waals surface area contributed by atoms with Gasteiger partial charge in [0.05, 0.1) is 0 Å². The van der Waals surface area contributed by atoms with Crippen LogP contribution in [0.1, 0.15) is 0 Å². The van der Waals surface area contributed by atoms with E-state index >= 15 is 0 Å². The Kier molecular flexibility index (Phi) is 85.7. The summed E-state index contributed by atoms with van der Waals surface area (Å²) in [5.41, 5.74) is 14.5. The molecule has 6 N–H and O–H groups in total. The molecule has 0 saturated heterocycles. The molecule has 0 saturated carbocycles. The molecule has 0 amide bonds. The Labute approximate surface area is 57.9 Å². The van der Waals surface area contributed by atoms with Crippen molar-refractivity contribution in [2.75, 3.05) is 19.6 Å². The van der Waals surface area contributed by atoms with Crippen molar-refractivity contribution in [2.45, 2.75) is 0 Å². The van der Waals surface area contributed by atoms with Crippen LogP contribution in [0, 0.1) is 6.92 Å². The minimum atomic E-state index is 0.500. The molecule has 0 aliphatic carbocycles. The van der Waals surface area contributed by atoms with E-state index in [1.54, 1.807) is 0 Å². The number of hydrogen-bond donors (Lipinski definition) is 3. The second kappa shape index (κ2) is 48.6. The van der Waals surface area contributed by atoms with Crippen molar-refractivity contribution in [3.05, 3.63) is 20.1 Å². The van der Waals surface area contributed by atoms with Crippen LogP contribution in [0.25, 0.3) is 0 Å². The molecule has 1 radical (unpaired) electrons. The fourth-order valence-corrected chi connectivity index (χ4v) is 0. The van der Waals surface area contributed by atoms with Crippen LogP contribution in [0.2, 0.25) is 0 Å². The smallest absolute Gasteiger partial charge is 0.00461 e. The summed E-state index contributed by atoms with van der Waals surface area (Å²) in [7, 11) is 0. The molecule has 0 aromatic carbocycles. The van der Waals surface area contributed by atoms with Gasteiger partial charge in [0.25, 0.3) is 0 Å². The zero-order valence-corrected chi connectivity index (χ0v) is 5.97. The molecule has 0 rings (SSSR count). The predicted octanol–water partition coefficient (Wildman–Crippen LogP) is -0.515. The van der Waals surface area contributed by atoms with Crippen LogP contribution in [0.15, 0.2) is 13.2 Å². The van der Waals surface area contributed by atoms with Gasteiger partial charge in [-0.3, -0.25) is 0 Å². The Morgan fingerprint density at radius 1 is 0.889 bits per heavy atom. The third-order valence-electron chi connectivity index (χ3n) is 0.167. The zero-order chi connectivity index (χ0) is 8.12. The Morgan fingerprint density at radius 3 is 1.00 bits per heavy atom. The molecule has 3 nitrogen and oxygen atoms in total. The van der Waals surface area contributed by atoms with Crippen molar-refractivity contribution >= 4 is 0 Å². The standard InChI is InChI=1S/C2H8N2.C2H6N.C2H4/c3-1-2-4;1-2-3;1-2/h1-4H2;1-3H2;1-2H2. The van der Waals surface area contributed by atoms with Gasteiger partial charge >= 0.3 is 0 Å². The average molecular weight is 132 g/mol. The Balaban J connectivity index is -0.0000000646. The van der Waals surface area contributed by atoms with Gasteiger partial charge in [-0.2, -0.15) is 0 Å². The van der Waals surface area contributed by atoms with E-state index in [2.05, 4.69) is 20.1 Å². The predicted molar refractivity (Wildman–Crippen MR) is 43.8 cm³/mol. The molecule has 0 atom stereocenters. The fourth-order valence-electron chi connectivity index (χ4n) is 0. The van der Waals surface area contributed by atoms with Gasteiger partial charge in [0.2, 0.25) is 0 Å². The molecule has 0 spiro atoms. The van der Waals surface area contributed by atoms with Crippen molar-refractivity contribution in [2.24, 2.45) is 17.2 Å². The number of nitrogens with two attached hydrogens (primary N) is 3. The first-order valence-electron chi connectivity index (χ1n) is 2.72. The third-order valence-corrected chi connectivity index (χ3v) is 0.167. The zero-order valence-electron chi connectivity index (χ0n) is 5.97. The highest BCUT2D eigenvalue weighted by Crippen LogP contribution is 1.24. The van der Waals surface area contributed by atoms with Crippen LogP contribution in [-0.2, 0) is 0 Å². The molecule has 57 valence electrons. The highest BCUT2D eigenvalue weighted by molar-refractivity contribution is 4.26. The topological polar surface area (TPSA) is 78.1 Å². The summed E-state index contributed by atoms with van der Waals surface area (Å²) >= 11 is 0. The van der Waals surface area contributed by atoms with Crippen LogP contribution in [0.4, 0.5) is 0 Å². The summed E-state index contributed by atoms with van der Waals surface area (Å²) in [4.78, 5) is 0. The largest absolute Gasteiger partial charge is 0.330 e. The van der Waals surface area contributed by atoms with E-state index in [0.717, 1.165) is 0 Å². The first kappa shape index (κ1) is 15.8. The van der Waals surface area contributed by atoms with Crippen molar-refractivity contribution < 1.29 is 0 Å². The van der Waals surface area contributed by atoms with Gasteiger partial charge in [0.15, 0.2) is 0 Å². The molecule has 0 aliphatic rings. The first-order chi connectivity index (χ1) is 4.33. The van der Waals surface area contributed by atoms with Gasteiger partial charge in [-0.1, -0.05) is 0 Å². The quantitative estimate of drug-likeness (QED) is 0.420. The molecule has 0 aliphatic heterocycles. The Morgan fingerprint density at radius 2 is 1.00 bits per heavy atom. The molecule has 9 heavy (non-hydrogen) atoms. The maximum absolute atomic E-state index is 4.90. The summed E-state index contributed by atoms with van der Waals surface area (Å²) in [5.74, 6) is 0. The van der Waals surface area contributed by atoms with Crippen LogP contribution in [0.3, 0.4) is 0 Å². The fraction of sp³-hybridized carbons (Fsp3) is 0.500. The van der Waals surface area contributed by atoms with Gasteiger partial charge in [-0.25, -0.2) is 0 Å². The summed E-state index contributed by atoms with van der Waals surface area (Å²) in [6, 6.07) is 0. The third kappa shape index (κ3) is 626. The molecule has 0 aromatic heterocycles. The monoisotopic (exact) mass is 132 g/mol. The van der Waals surface area contributed by atoms with Crippen LogP contribution in [0.5, 0.6) is 0 Å².